The summed E-state index contributed by atoms with van der Waals surface area (Å²) in [7, 11) is 8.52. The van der Waals surface area contributed by atoms with Gasteiger partial charge in [-0.05, 0) is 81.5 Å². The van der Waals surface area contributed by atoms with Crippen molar-refractivity contribution in [1.82, 2.24) is 56.8 Å². The highest BCUT2D eigenvalue weighted by molar-refractivity contribution is 8.76. The van der Waals surface area contributed by atoms with E-state index in [1.807, 2.05) is 6.26 Å². The first-order valence-corrected chi connectivity index (χ1v) is 35.3. The number of aliphatic carboxylic acids is 1. The molecule has 0 aliphatic heterocycles. The van der Waals surface area contributed by atoms with Gasteiger partial charge in [-0.25, -0.2) is 9.59 Å². The second-order valence-electron chi connectivity index (χ2n) is 23.5. The molecule has 4 aromatic carbocycles. The Morgan fingerprint density at radius 2 is 1.09 bits per heavy atom. The number of halogens is 1. The Morgan fingerprint density at radius 1 is 0.588 bits per heavy atom. The van der Waals surface area contributed by atoms with Crippen LogP contribution in [0.25, 0.3) is 0 Å². The quantitative estimate of drug-likeness (QED) is 0.00994. The molecule has 0 bridgehead atoms. The van der Waals surface area contributed by atoms with Crippen LogP contribution in [0.1, 0.15) is 75.1 Å². The number of nitrogens with one attached hydrogen (secondary N) is 7. The number of aliphatic hydroxyl groups is 2. The normalized spacial score (nSPS) is 14.6. The molecule has 0 aliphatic rings. The largest absolute Gasteiger partial charge is 0.480 e. The monoisotopic (exact) mass is 1400 g/mol. The lowest BCUT2D eigenvalue weighted by molar-refractivity contribution is -0.144. The van der Waals surface area contributed by atoms with E-state index >= 15 is 4.79 Å². The van der Waals surface area contributed by atoms with E-state index < -0.39 is 139 Å². The van der Waals surface area contributed by atoms with E-state index in [9.17, 15) is 58.5 Å². The Kier molecular flexibility index (Phi) is 36.3. The minimum absolute atomic E-state index is 0.000952. The minimum atomic E-state index is -1.52. The number of hydrogen-bond acceptors (Lipinski definition) is 17. The highest BCUT2D eigenvalue weighted by atomic mass is 35.5. The standard InChI is InChI=1S/C69H96ClN11O14S2/c1-10-26-55(81(8)67(91)51(74-65(89)57(79(6)58(82)42-70)41-50-33-22-15-23-34-50)35-24-25-36-71-62(86)54(44-97-96-9)77-69(94)95-37-11-2)63(87)75-52(38-47-27-16-12-17-28-47)61(85)72-43-59(83)80(7)56(40-49-31-20-14-21-32-49)64(88)73-45(3)66(90)78(5)46(4)60(84)76-53(68(92)93)39-48-29-18-13-19-30-48/h11-23,27-34,45-46,51-57,64,66,73,88,90H,2,10,24-26,35-44H2,1,3-9H3,(H,71,86)(H,72,85)(H,74,89)(H,75,87)(H,76,84)(H,77,94)(H,92,93)/t45-,46-,51-,52-,53?,54-,55?,56-,57-,64?,66?/m0/s1. The number of nitrogens with zero attached hydrogens (tertiary/aromatic N) is 4. The maximum Gasteiger partial charge on any atom is 0.408 e. The molecule has 0 spiro atoms. The molecule has 0 aromatic heterocycles. The second kappa shape index (κ2) is 43.3. The lowest BCUT2D eigenvalue weighted by atomic mass is 10.0. The molecular weight excluding hydrogens is 1310 g/mol. The van der Waals surface area contributed by atoms with Crippen LogP contribution in [0.15, 0.2) is 134 Å². The topological polar surface area (TPSA) is 338 Å². The molecule has 0 saturated heterocycles. The highest BCUT2D eigenvalue weighted by Crippen LogP contribution is 2.20. The van der Waals surface area contributed by atoms with Crippen molar-refractivity contribution in [3.05, 3.63) is 156 Å². The first-order chi connectivity index (χ1) is 46.3. The summed E-state index contributed by atoms with van der Waals surface area (Å²) < 4.78 is 5.02. The van der Waals surface area contributed by atoms with E-state index in [2.05, 4.69) is 43.8 Å². The number of amides is 9. The van der Waals surface area contributed by atoms with Gasteiger partial charge in [0.15, 0.2) is 0 Å². The average Bonchev–Trinajstić information content (AvgIpc) is 0.897. The fraction of sp³-hybridized carbons (Fsp3) is 0.478. The highest BCUT2D eigenvalue weighted by Gasteiger charge is 2.38. The van der Waals surface area contributed by atoms with Crippen molar-refractivity contribution in [3.8, 4) is 0 Å². The molecule has 0 saturated carbocycles. The zero-order valence-corrected chi connectivity index (χ0v) is 58.8. The summed E-state index contributed by atoms with van der Waals surface area (Å²) in [5.41, 5.74) is 2.78. The third-order valence-electron chi connectivity index (χ3n) is 16.4. The summed E-state index contributed by atoms with van der Waals surface area (Å²) in [4.78, 5) is 143. The Balaban J connectivity index is 1.56. The number of ether oxygens (including phenoxy) is 1. The van der Waals surface area contributed by atoms with Crippen molar-refractivity contribution < 1.29 is 68.0 Å². The molecular formula is C69H96ClN11O14S2. The molecule has 10 N–H and O–H groups in total. The molecule has 9 amide bonds. The van der Waals surface area contributed by atoms with Gasteiger partial charge in [0, 0.05) is 58.7 Å². The van der Waals surface area contributed by atoms with Gasteiger partial charge in [-0.15, -0.1) is 11.6 Å². The summed E-state index contributed by atoms with van der Waals surface area (Å²) >= 11 is 6.00. The van der Waals surface area contributed by atoms with Crippen molar-refractivity contribution in [3.63, 3.8) is 0 Å². The lowest BCUT2D eigenvalue weighted by Crippen LogP contribution is -2.61. The van der Waals surface area contributed by atoms with E-state index in [1.54, 1.807) is 135 Å². The molecule has 25 nitrogen and oxygen atoms in total. The van der Waals surface area contributed by atoms with Gasteiger partial charge < -0.3 is 66.7 Å². The van der Waals surface area contributed by atoms with Crippen molar-refractivity contribution >= 4 is 92.5 Å². The first kappa shape index (κ1) is 81.4. The Hall–Kier alpha value is -8.05. The van der Waals surface area contributed by atoms with E-state index in [4.69, 9.17) is 16.3 Å². The van der Waals surface area contributed by atoms with Crippen LogP contribution in [0, 0.1) is 0 Å². The van der Waals surface area contributed by atoms with Crippen LogP contribution in [0.5, 0.6) is 0 Å². The van der Waals surface area contributed by atoms with E-state index in [0.717, 1.165) is 5.56 Å². The fourth-order valence-corrected chi connectivity index (χ4v) is 12.0. The zero-order valence-electron chi connectivity index (χ0n) is 56.4. The van der Waals surface area contributed by atoms with Gasteiger partial charge >= 0.3 is 12.1 Å². The van der Waals surface area contributed by atoms with Crippen LogP contribution in [-0.2, 0) is 73.6 Å². The molecule has 0 fully saturated rings. The van der Waals surface area contributed by atoms with Crippen LogP contribution in [0.4, 0.5) is 4.79 Å². The van der Waals surface area contributed by atoms with Gasteiger partial charge in [-0.3, -0.25) is 48.6 Å². The number of carboxylic acids is 1. The fourth-order valence-electron chi connectivity index (χ4n) is 10.5. The SMILES string of the molecule is C=CCOC(=O)N[C@@H](CSSC)C(=O)NCCCC[C@H](NC(=O)[C@H](Cc1ccccc1)N(C)C(=O)CCl)C(=O)N(C)C(CCC)C(=O)N[C@@H](Cc1ccccc1)C(=O)NCC(=O)N(C)[C@@H](Cc1ccccc1)C(O)N[C@@H](C)C(O)N(C)[C@@H](C)C(=O)NC(Cc1ccccc1)C(=O)O. The maximum absolute atomic E-state index is 15.0. The Labute approximate surface area is 581 Å². The molecule has 0 radical (unpaired) electrons. The molecule has 0 aliphatic carbocycles. The van der Waals surface area contributed by atoms with E-state index in [0.29, 0.717) is 29.5 Å². The van der Waals surface area contributed by atoms with E-state index in [-0.39, 0.29) is 63.9 Å². The number of rotatable bonds is 43. The number of alkyl halides is 1. The third-order valence-corrected chi connectivity index (χ3v) is 18.5. The molecule has 530 valence electrons. The van der Waals surface area contributed by atoms with Crippen LogP contribution < -0.4 is 37.2 Å². The van der Waals surface area contributed by atoms with Gasteiger partial charge in [-0.1, -0.05) is 169 Å². The van der Waals surface area contributed by atoms with Gasteiger partial charge in [0.1, 0.15) is 61.2 Å². The number of unbranched alkanes of at least 4 members (excludes halogenated alkanes) is 1. The second-order valence-corrected chi connectivity index (χ2v) is 26.3. The van der Waals surface area contributed by atoms with Crippen molar-refractivity contribution in [1.29, 1.82) is 0 Å². The van der Waals surface area contributed by atoms with Crippen LogP contribution in [0.2, 0.25) is 0 Å². The smallest absolute Gasteiger partial charge is 0.408 e. The Morgan fingerprint density at radius 3 is 1.62 bits per heavy atom. The number of likely N-dealkylation sites (N-methyl/N-ethyl adjacent to an activating group) is 4. The molecule has 97 heavy (non-hydrogen) atoms. The van der Waals surface area contributed by atoms with Crippen LogP contribution in [0.3, 0.4) is 0 Å². The number of alkyl carbamates (subject to hydrolysis) is 1. The van der Waals surface area contributed by atoms with Gasteiger partial charge in [-0.2, -0.15) is 0 Å². The number of carbonyl (C=O) groups excluding carboxylic acids is 9. The van der Waals surface area contributed by atoms with Crippen molar-refractivity contribution in [2.45, 2.75) is 145 Å². The summed E-state index contributed by atoms with van der Waals surface area (Å²) in [5.74, 6) is -6.61. The molecule has 0 heterocycles. The number of carbonyl (C=O) groups is 10. The maximum atomic E-state index is 15.0. The summed E-state index contributed by atoms with van der Waals surface area (Å²) in [6.45, 7) is 7.84. The van der Waals surface area contributed by atoms with Crippen molar-refractivity contribution in [2.24, 2.45) is 0 Å². The molecule has 4 rings (SSSR count). The summed E-state index contributed by atoms with van der Waals surface area (Å²) in [6, 6.07) is 25.3. The van der Waals surface area contributed by atoms with Crippen molar-refractivity contribution in [2.75, 3.05) is 65.8 Å². The average molecular weight is 1400 g/mol. The number of aliphatic hydroxyl groups excluding tert-OH is 2. The summed E-state index contributed by atoms with van der Waals surface area (Å²) in [5, 5.41) is 52.7. The van der Waals surface area contributed by atoms with Gasteiger partial charge in [0.05, 0.1) is 18.6 Å². The first-order valence-electron chi connectivity index (χ1n) is 32.1. The molecule has 4 unspecified atom stereocenters. The molecule has 28 heteroatoms. The number of carboxylic acid groups (broad SMARTS) is 1. The van der Waals surface area contributed by atoms with Crippen LogP contribution >= 0.6 is 33.2 Å². The summed E-state index contributed by atoms with van der Waals surface area (Å²) in [6.07, 6.45) is 0.621. The minimum Gasteiger partial charge on any atom is -0.480 e. The lowest BCUT2D eigenvalue weighted by Gasteiger charge is -2.37. The van der Waals surface area contributed by atoms with Gasteiger partial charge in [0.25, 0.3) is 0 Å². The predicted molar refractivity (Wildman–Crippen MR) is 375 cm³/mol. The number of benzene rings is 4. The van der Waals surface area contributed by atoms with Crippen LogP contribution in [-0.4, -0.2) is 227 Å². The van der Waals surface area contributed by atoms with E-state index in [1.165, 1.54) is 82.4 Å². The third kappa shape index (κ3) is 27.4. The Bertz CT molecular complexity index is 3150. The number of hydrogen-bond donors (Lipinski definition) is 10. The zero-order chi connectivity index (χ0) is 71.6. The predicted octanol–water partition coefficient (Wildman–Crippen LogP) is 3.65. The van der Waals surface area contributed by atoms with Gasteiger partial charge in [0.2, 0.25) is 47.3 Å². The molecule has 11 atom stereocenters. The molecule has 4 aromatic rings.